The first-order chi connectivity index (χ1) is 12.9. The SMILES string of the molecule is Cc1ccc(NC(=O)[C@H]2CC(=O)Nc3nc4ccccc4n32)cc1[N+](=O)[O-]. The fraction of sp³-hybridized carbons (Fsp3) is 0.167. The number of fused-ring (bicyclic) bond motifs is 3. The molecular formula is C18H15N5O4. The van der Waals surface area contributed by atoms with E-state index in [-0.39, 0.29) is 18.0 Å². The molecule has 3 aromatic rings. The molecule has 27 heavy (non-hydrogen) atoms. The fourth-order valence-electron chi connectivity index (χ4n) is 3.21. The van der Waals surface area contributed by atoms with E-state index >= 15 is 0 Å². The number of aromatic nitrogens is 2. The van der Waals surface area contributed by atoms with Crippen molar-refractivity contribution in [3.8, 4) is 0 Å². The standard InChI is InChI=1S/C18H15N5O4/c1-10-6-7-11(8-14(10)23(26)27)19-17(25)15-9-16(24)21-18-20-12-4-2-3-5-13(12)22(15)18/h2-8,15H,9H2,1H3,(H,19,25)(H,20,21,24)/t15-/m1/s1. The third-order valence-corrected chi connectivity index (χ3v) is 4.51. The Morgan fingerprint density at radius 3 is 2.89 bits per heavy atom. The minimum absolute atomic E-state index is 0.0485. The molecule has 1 aliphatic rings. The van der Waals surface area contributed by atoms with Crippen molar-refractivity contribution in [3.63, 3.8) is 0 Å². The van der Waals surface area contributed by atoms with E-state index < -0.39 is 16.9 Å². The summed E-state index contributed by atoms with van der Waals surface area (Å²) in [6, 6.07) is 10.9. The van der Waals surface area contributed by atoms with E-state index in [1.165, 1.54) is 6.07 Å². The summed E-state index contributed by atoms with van der Waals surface area (Å²) in [5, 5.41) is 16.5. The Hall–Kier alpha value is -3.75. The molecule has 2 N–H and O–H groups in total. The van der Waals surface area contributed by atoms with Gasteiger partial charge in [-0.15, -0.1) is 0 Å². The average molecular weight is 365 g/mol. The van der Waals surface area contributed by atoms with Crippen molar-refractivity contribution in [2.45, 2.75) is 19.4 Å². The number of hydrogen-bond donors (Lipinski definition) is 2. The molecule has 0 saturated heterocycles. The number of hydrogen-bond acceptors (Lipinski definition) is 5. The number of aryl methyl sites for hydroxylation is 1. The third-order valence-electron chi connectivity index (χ3n) is 4.51. The maximum atomic E-state index is 12.9. The van der Waals surface area contributed by atoms with Crippen LogP contribution in [0.2, 0.25) is 0 Å². The molecule has 1 aromatic heterocycles. The van der Waals surface area contributed by atoms with Crippen LogP contribution < -0.4 is 10.6 Å². The lowest BCUT2D eigenvalue weighted by molar-refractivity contribution is -0.385. The van der Waals surface area contributed by atoms with Gasteiger partial charge in [0, 0.05) is 17.3 Å². The molecule has 0 unspecified atom stereocenters. The van der Waals surface area contributed by atoms with Gasteiger partial charge in [-0.25, -0.2) is 4.98 Å². The van der Waals surface area contributed by atoms with Crippen LogP contribution in [0.5, 0.6) is 0 Å². The maximum Gasteiger partial charge on any atom is 0.274 e. The van der Waals surface area contributed by atoms with Crippen LogP contribution >= 0.6 is 0 Å². The molecular weight excluding hydrogens is 350 g/mol. The topological polar surface area (TPSA) is 119 Å². The van der Waals surface area contributed by atoms with Gasteiger partial charge >= 0.3 is 0 Å². The molecule has 2 heterocycles. The molecule has 9 heteroatoms. The van der Waals surface area contributed by atoms with Crippen molar-refractivity contribution < 1.29 is 14.5 Å². The van der Waals surface area contributed by atoms with Gasteiger partial charge in [0.25, 0.3) is 5.69 Å². The maximum absolute atomic E-state index is 12.9. The number of nitro benzene ring substituents is 1. The van der Waals surface area contributed by atoms with Crippen LogP contribution in [0.3, 0.4) is 0 Å². The smallest absolute Gasteiger partial charge is 0.274 e. The first-order valence-electron chi connectivity index (χ1n) is 8.27. The minimum Gasteiger partial charge on any atom is -0.324 e. The largest absolute Gasteiger partial charge is 0.324 e. The Kier molecular flexibility index (Phi) is 3.84. The number of anilines is 2. The van der Waals surface area contributed by atoms with Crippen LogP contribution in [0.25, 0.3) is 11.0 Å². The molecule has 0 aliphatic carbocycles. The van der Waals surface area contributed by atoms with Gasteiger partial charge in [-0.05, 0) is 25.1 Å². The fourth-order valence-corrected chi connectivity index (χ4v) is 3.21. The first-order valence-corrected chi connectivity index (χ1v) is 8.27. The van der Waals surface area contributed by atoms with Gasteiger partial charge in [-0.2, -0.15) is 0 Å². The lowest BCUT2D eigenvalue weighted by Gasteiger charge is -2.25. The zero-order chi connectivity index (χ0) is 19.1. The van der Waals surface area contributed by atoms with Crippen molar-refractivity contribution in [2.24, 2.45) is 0 Å². The first kappa shape index (κ1) is 16.7. The molecule has 0 radical (unpaired) electrons. The Balaban J connectivity index is 1.70. The average Bonchev–Trinajstić information content (AvgIpc) is 3.00. The molecule has 2 amide bonds. The molecule has 2 aromatic carbocycles. The Morgan fingerprint density at radius 2 is 2.11 bits per heavy atom. The van der Waals surface area contributed by atoms with Gasteiger partial charge < -0.3 is 5.32 Å². The monoisotopic (exact) mass is 365 g/mol. The number of amides is 2. The van der Waals surface area contributed by atoms with Crippen LogP contribution in [0.15, 0.2) is 42.5 Å². The van der Waals surface area contributed by atoms with E-state index in [1.807, 2.05) is 18.2 Å². The summed E-state index contributed by atoms with van der Waals surface area (Å²) in [4.78, 5) is 39.9. The van der Waals surface area contributed by atoms with E-state index in [0.29, 0.717) is 22.7 Å². The molecule has 1 aliphatic heterocycles. The number of benzene rings is 2. The van der Waals surface area contributed by atoms with E-state index in [0.717, 1.165) is 5.52 Å². The van der Waals surface area contributed by atoms with Gasteiger partial charge in [0.1, 0.15) is 6.04 Å². The van der Waals surface area contributed by atoms with E-state index in [2.05, 4.69) is 15.6 Å². The number of rotatable bonds is 3. The highest BCUT2D eigenvalue weighted by atomic mass is 16.6. The second-order valence-corrected chi connectivity index (χ2v) is 6.31. The Bertz CT molecular complexity index is 1100. The summed E-state index contributed by atoms with van der Waals surface area (Å²) in [6.07, 6.45) is -0.0485. The van der Waals surface area contributed by atoms with Gasteiger partial charge in [-0.3, -0.25) is 29.6 Å². The molecule has 0 fully saturated rings. The van der Waals surface area contributed by atoms with E-state index in [1.54, 1.807) is 29.7 Å². The summed E-state index contributed by atoms with van der Waals surface area (Å²) in [6.45, 7) is 1.62. The van der Waals surface area contributed by atoms with Gasteiger partial charge in [0.15, 0.2) is 0 Å². The van der Waals surface area contributed by atoms with Crippen molar-refractivity contribution >= 4 is 40.2 Å². The van der Waals surface area contributed by atoms with Crippen molar-refractivity contribution in [1.29, 1.82) is 0 Å². The molecule has 0 spiro atoms. The Labute approximate surface area is 153 Å². The second-order valence-electron chi connectivity index (χ2n) is 6.31. The number of carbonyl (C=O) groups excluding carboxylic acids is 2. The van der Waals surface area contributed by atoms with Gasteiger partial charge in [-0.1, -0.05) is 18.2 Å². The van der Waals surface area contributed by atoms with Crippen molar-refractivity contribution in [1.82, 2.24) is 9.55 Å². The summed E-state index contributed by atoms with van der Waals surface area (Å²) >= 11 is 0. The van der Waals surface area contributed by atoms with Crippen LogP contribution in [0.4, 0.5) is 17.3 Å². The second kappa shape index (κ2) is 6.20. The number of nitro groups is 1. The highest BCUT2D eigenvalue weighted by molar-refractivity contribution is 6.03. The van der Waals surface area contributed by atoms with Crippen LogP contribution in [0.1, 0.15) is 18.0 Å². The predicted molar refractivity (Wildman–Crippen MR) is 98.5 cm³/mol. The highest BCUT2D eigenvalue weighted by Gasteiger charge is 2.33. The number of para-hydroxylation sites is 2. The Morgan fingerprint density at radius 1 is 1.33 bits per heavy atom. The lowest BCUT2D eigenvalue weighted by atomic mass is 10.1. The quantitative estimate of drug-likeness (QED) is 0.546. The predicted octanol–water partition coefficient (Wildman–Crippen LogP) is 2.77. The third kappa shape index (κ3) is 2.88. The summed E-state index contributed by atoms with van der Waals surface area (Å²) in [5.41, 5.74) is 2.11. The van der Waals surface area contributed by atoms with Gasteiger partial charge in [0.2, 0.25) is 17.8 Å². The number of nitrogens with one attached hydrogen (secondary N) is 2. The number of nitrogens with zero attached hydrogens (tertiary/aromatic N) is 3. The van der Waals surface area contributed by atoms with Crippen LogP contribution in [-0.4, -0.2) is 26.3 Å². The normalized spacial score (nSPS) is 15.9. The molecule has 136 valence electrons. The molecule has 4 rings (SSSR count). The van der Waals surface area contributed by atoms with E-state index in [9.17, 15) is 19.7 Å². The minimum atomic E-state index is -0.804. The molecule has 1 atom stereocenters. The van der Waals surface area contributed by atoms with Gasteiger partial charge in [0.05, 0.1) is 22.4 Å². The number of imidazole rings is 1. The van der Waals surface area contributed by atoms with Crippen LogP contribution in [0, 0.1) is 17.0 Å². The van der Waals surface area contributed by atoms with Crippen molar-refractivity contribution in [3.05, 3.63) is 58.1 Å². The highest BCUT2D eigenvalue weighted by Crippen LogP contribution is 2.31. The zero-order valence-corrected chi connectivity index (χ0v) is 14.3. The summed E-state index contributed by atoms with van der Waals surface area (Å²) in [5.74, 6) is -0.442. The van der Waals surface area contributed by atoms with Crippen molar-refractivity contribution in [2.75, 3.05) is 10.6 Å². The number of carbonyl (C=O) groups is 2. The summed E-state index contributed by atoms with van der Waals surface area (Å²) in [7, 11) is 0. The van der Waals surface area contributed by atoms with E-state index in [4.69, 9.17) is 0 Å². The molecule has 9 nitrogen and oxygen atoms in total. The van der Waals surface area contributed by atoms with Crippen LogP contribution in [-0.2, 0) is 9.59 Å². The zero-order valence-electron chi connectivity index (χ0n) is 14.3. The summed E-state index contributed by atoms with van der Waals surface area (Å²) < 4.78 is 1.68. The molecule has 0 bridgehead atoms. The lowest BCUT2D eigenvalue weighted by Crippen LogP contribution is -2.35. The molecule has 0 saturated carbocycles.